The highest BCUT2D eigenvalue weighted by atomic mass is 35.5. The minimum absolute atomic E-state index is 0.0104. The van der Waals surface area contributed by atoms with Crippen molar-refractivity contribution in [2.75, 3.05) is 30.3 Å². The molecule has 0 unspecified atom stereocenters. The molecule has 2 saturated heterocycles. The molecule has 3 aromatic rings. The summed E-state index contributed by atoms with van der Waals surface area (Å²) in [5.41, 5.74) is 13.5. The molecule has 47 heavy (non-hydrogen) atoms. The summed E-state index contributed by atoms with van der Waals surface area (Å²) in [6, 6.07) is 4.82. The van der Waals surface area contributed by atoms with E-state index < -0.39 is 47.0 Å². The van der Waals surface area contributed by atoms with E-state index in [-0.39, 0.29) is 39.2 Å². The molecule has 3 aliphatic rings. The van der Waals surface area contributed by atoms with Crippen LogP contribution in [0, 0.1) is 0 Å². The van der Waals surface area contributed by atoms with Crippen molar-refractivity contribution in [3.63, 3.8) is 0 Å². The number of carbonyl (C=O) groups excluding carboxylic acids is 3. The number of hydrogen-bond donors (Lipinski definition) is 5. The third-order valence-corrected chi connectivity index (χ3v) is 10.6. The van der Waals surface area contributed by atoms with Gasteiger partial charge in [0.05, 0.1) is 17.7 Å². The number of nitrogen functional groups attached to an aromatic ring is 2. The molecule has 6 heterocycles. The number of carboxylic acid groups (broad SMARTS) is 2. The molecule has 3 aliphatic heterocycles. The minimum atomic E-state index is -1.52. The Morgan fingerprint density at radius 1 is 1.34 bits per heavy atom. The fourth-order valence-electron chi connectivity index (χ4n) is 5.91. The van der Waals surface area contributed by atoms with Crippen LogP contribution in [0.4, 0.5) is 10.9 Å². The van der Waals surface area contributed by atoms with Crippen molar-refractivity contribution in [3.05, 3.63) is 45.7 Å². The number of nitrogens with one attached hydrogen (secondary N) is 2. The number of pyridine rings is 1. The van der Waals surface area contributed by atoms with Crippen LogP contribution in [0.25, 0.3) is 11.0 Å². The molecule has 0 saturated carbocycles. The first kappa shape index (κ1) is 32.5. The molecule has 0 bridgehead atoms. The van der Waals surface area contributed by atoms with Crippen molar-refractivity contribution in [1.82, 2.24) is 25.1 Å². The molecule has 7 N–H and O–H groups in total. The number of thioether (sulfide) groups is 1. The van der Waals surface area contributed by atoms with Crippen molar-refractivity contribution < 1.29 is 38.8 Å². The van der Waals surface area contributed by atoms with Gasteiger partial charge < -0.3 is 46.5 Å². The van der Waals surface area contributed by atoms with Crippen LogP contribution in [-0.4, -0.2) is 85.4 Å². The van der Waals surface area contributed by atoms with Gasteiger partial charge in [0.1, 0.15) is 32.8 Å². The molecule has 3 atom stereocenters. The maximum atomic E-state index is 13.4. The summed E-state index contributed by atoms with van der Waals surface area (Å²) in [6.07, 6.45) is 2.28. The molecule has 19 heteroatoms. The van der Waals surface area contributed by atoms with Gasteiger partial charge in [-0.25, -0.2) is 9.78 Å². The Morgan fingerprint density at radius 2 is 2.09 bits per heavy atom. The van der Waals surface area contributed by atoms with Crippen LogP contribution in [0.1, 0.15) is 31.5 Å². The number of oxime groups is 1. The van der Waals surface area contributed by atoms with Crippen molar-refractivity contribution in [2.45, 2.75) is 49.9 Å². The van der Waals surface area contributed by atoms with Crippen molar-refractivity contribution in [2.24, 2.45) is 5.16 Å². The average molecular weight is 704 g/mol. The molecule has 0 radical (unpaired) electrons. The molecule has 248 valence electrons. The second kappa shape index (κ2) is 13.0. The molecular formula is C28H30ClN9O7S2. The highest BCUT2D eigenvalue weighted by Gasteiger charge is 2.53. The van der Waals surface area contributed by atoms with Gasteiger partial charge in [0, 0.05) is 23.4 Å². The Kier molecular flexibility index (Phi) is 9.01. The van der Waals surface area contributed by atoms with E-state index in [4.69, 9.17) is 33.0 Å². The van der Waals surface area contributed by atoms with Crippen molar-refractivity contribution >= 4 is 86.1 Å². The van der Waals surface area contributed by atoms with Gasteiger partial charge in [-0.1, -0.05) is 28.1 Å². The first-order chi connectivity index (χ1) is 22.5. The molecular weight excluding hydrogens is 674 g/mol. The minimum Gasteiger partial charge on any atom is -0.543 e. The topological polar surface area (TPSA) is 234 Å². The predicted octanol–water partition coefficient (Wildman–Crippen LogP) is -0.574. The van der Waals surface area contributed by atoms with Crippen molar-refractivity contribution in [3.8, 4) is 0 Å². The van der Waals surface area contributed by atoms with Gasteiger partial charge >= 0.3 is 5.97 Å². The van der Waals surface area contributed by atoms with E-state index in [1.54, 1.807) is 0 Å². The van der Waals surface area contributed by atoms with E-state index in [1.165, 1.54) is 18.7 Å². The van der Waals surface area contributed by atoms with Crippen molar-refractivity contribution in [1.29, 1.82) is 0 Å². The van der Waals surface area contributed by atoms with Crippen LogP contribution in [0.2, 0.25) is 4.34 Å². The summed E-state index contributed by atoms with van der Waals surface area (Å²) in [5.74, 6) is -3.65. The van der Waals surface area contributed by atoms with Gasteiger partial charge in [0.2, 0.25) is 11.6 Å². The quantitative estimate of drug-likeness (QED) is 0.0773. The molecule has 16 nitrogen and oxygen atoms in total. The number of amides is 2. The van der Waals surface area contributed by atoms with Gasteiger partial charge in [0.25, 0.3) is 11.8 Å². The number of anilines is 2. The summed E-state index contributed by atoms with van der Waals surface area (Å²) < 4.78 is 4.01. The smallest absolute Gasteiger partial charge is 0.347 e. The number of aliphatic carboxylic acids is 2. The van der Waals surface area contributed by atoms with Gasteiger partial charge in [-0.2, -0.15) is 4.57 Å². The third kappa shape index (κ3) is 6.08. The maximum absolute atomic E-state index is 13.4. The number of carbonyl (C=O) groups is 4. The zero-order valence-corrected chi connectivity index (χ0v) is 27.2. The van der Waals surface area contributed by atoms with Crippen LogP contribution in [0.15, 0.2) is 40.8 Å². The Morgan fingerprint density at radius 3 is 2.74 bits per heavy atom. The second-order valence-corrected chi connectivity index (χ2v) is 13.9. The Bertz CT molecular complexity index is 1850. The predicted molar refractivity (Wildman–Crippen MR) is 171 cm³/mol. The van der Waals surface area contributed by atoms with Crippen LogP contribution in [-0.2, 0) is 30.6 Å². The molecule has 2 amide bonds. The van der Waals surface area contributed by atoms with Crippen LogP contribution in [0.5, 0.6) is 0 Å². The maximum Gasteiger partial charge on any atom is 0.347 e. The van der Waals surface area contributed by atoms with Gasteiger partial charge in [0.15, 0.2) is 23.6 Å². The lowest BCUT2D eigenvalue weighted by Gasteiger charge is -2.50. The number of piperidine rings is 1. The largest absolute Gasteiger partial charge is 0.543 e. The lowest BCUT2D eigenvalue weighted by molar-refractivity contribution is -0.663. The Labute approximate surface area is 280 Å². The van der Waals surface area contributed by atoms with E-state index in [2.05, 4.69) is 25.3 Å². The number of aromatic nitrogens is 3. The molecule has 3 aromatic heterocycles. The number of carboxylic acids is 2. The van der Waals surface area contributed by atoms with Gasteiger partial charge in [-0.3, -0.25) is 14.5 Å². The van der Waals surface area contributed by atoms with E-state index in [0.717, 1.165) is 53.2 Å². The molecule has 2 fully saturated rings. The zero-order chi connectivity index (χ0) is 33.6. The number of β-lactam (4-membered cyclic amide) rings is 1. The zero-order valence-electron chi connectivity index (χ0n) is 24.8. The van der Waals surface area contributed by atoms with E-state index in [0.29, 0.717) is 11.4 Å². The number of fused-ring (bicyclic) bond motifs is 2. The number of nitrogens with zero attached hydrogens (tertiary/aromatic N) is 5. The number of rotatable bonds is 10. The van der Waals surface area contributed by atoms with Gasteiger partial charge in [-0.05, 0) is 38.9 Å². The lowest BCUT2D eigenvalue weighted by atomic mass is 10.0. The third-order valence-electron chi connectivity index (χ3n) is 8.17. The number of thiazole rings is 1. The lowest BCUT2D eigenvalue weighted by Crippen LogP contribution is -2.71. The molecule has 6 rings (SSSR count). The Balaban J connectivity index is 1.24. The van der Waals surface area contributed by atoms with Gasteiger partial charge in [-0.15, -0.1) is 11.8 Å². The first-order valence-electron chi connectivity index (χ1n) is 14.5. The number of hydrogen-bond acceptors (Lipinski definition) is 13. The highest BCUT2D eigenvalue weighted by Crippen LogP contribution is 2.40. The number of halogens is 1. The number of nitrogens with two attached hydrogens (primary N) is 2. The summed E-state index contributed by atoms with van der Waals surface area (Å²) in [6.45, 7) is 3.15. The van der Waals surface area contributed by atoms with Crippen LogP contribution < -0.4 is 31.8 Å². The summed E-state index contributed by atoms with van der Waals surface area (Å²) in [4.78, 5) is 60.5. The van der Waals surface area contributed by atoms with Crippen LogP contribution in [0.3, 0.4) is 0 Å². The van der Waals surface area contributed by atoms with E-state index >= 15 is 0 Å². The van der Waals surface area contributed by atoms with E-state index in [9.17, 15) is 24.3 Å². The fourth-order valence-corrected chi connectivity index (χ4v) is 8.17. The normalized spacial score (nSPS) is 20.9. The standard InChI is InChI=1S/C28H30ClN9O7S2/c1-12(26(41)42)45-35-19(18-22(29)47-28(31)34-18)23(39)33-20-24(40)38-21(27(43)44)13(11-46-25(20)38)10-36-8-2-3-15-16(36)9-17(30)37(15)14-4-6-32-7-5-14/h2-3,8-9,12,14,20,25,30,32H,4-7,10-11H2,1H3,(H5,31,33,34,39,41,42,43,44)/b35-19-/t12-,20+,25+/m0/s1. The SMILES string of the molecule is C[C@H](O/N=C(\C(=O)N[C@@H]1C(=O)N2C(C(=O)[O-])=C(C[n+]3cccc4c3cc(N)n4C3CCNCC3)CS[C@H]12)c1nc(N)sc1Cl)C(=O)O. The second-order valence-electron chi connectivity index (χ2n) is 11.1. The summed E-state index contributed by atoms with van der Waals surface area (Å²) in [7, 11) is 0. The highest BCUT2D eigenvalue weighted by molar-refractivity contribution is 8.00. The van der Waals surface area contributed by atoms with Crippen LogP contribution >= 0.6 is 34.7 Å². The Hall–Kier alpha value is -4.39. The molecule has 0 spiro atoms. The molecule has 0 aromatic carbocycles. The first-order valence-corrected chi connectivity index (χ1v) is 16.8. The molecule has 0 aliphatic carbocycles. The van der Waals surface area contributed by atoms with E-state index in [1.807, 2.05) is 29.0 Å². The summed E-state index contributed by atoms with van der Waals surface area (Å²) in [5, 5.41) is 30.4. The fraction of sp³-hybridized carbons (Fsp3) is 0.393. The monoisotopic (exact) mass is 703 g/mol. The summed E-state index contributed by atoms with van der Waals surface area (Å²) >= 11 is 8.31. The average Bonchev–Trinajstić information content (AvgIpc) is 3.56.